The molecule has 0 saturated carbocycles. The SMILES string of the molecule is COc1cccc(CC(CCC(=O)O)NC(=O)OC(C)(C)C)n1. The molecule has 0 bridgehead atoms. The minimum atomic E-state index is -0.917. The molecule has 0 spiro atoms. The maximum atomic E-state index is 11.9. The fraction of sp³-hybridized carbons (Fsp3) is 0.562. The Morgan fingerprint density at radius 1 is 1.35 bits per heavy atom. The fourth-order valence-electron chi connectivity index (χ4n) is 1.93. The molecular weight excluding hydrogens is 300 g/mol. The van der Waals surface area contributed by atoms with Crippen LogP contribution >= 0.6 is 0 Å². The van der Waals surface area contributed by atoms with Gasteiger partial charge in [-0.15, -0.1) is 0 Å². The van der Waals surface area contributed by atoms with E-state index >= 15 is 0 Å². The second-order valence-corrected chi connectivity index (χ2v) is 6.15. The summed E-state index contributed by atoms with van der Waals surface area (Å²) in [6, 6.07) is 4.92. The summed E-state index contributed by atoms with van der Waals surface area (Å²) in [5.74, 6) is -0.448. The minimum Gasteiger partial charge on any atom is -0.481 e. The lowest BCUT2D eigenvalue weighted by Crippen LogP contribution is -2.40. The molecular formula is C16H24N2O5. The number of carboxylic acids is 1. The number of carboxylic acid groups (broad SMARTS) is 1. The molecule has 0 aromatic carbocycles. The van der Waals surface area contributed by atoms with Gasteiger partial charge in [0.15, 0.2) is 0 Å². The number of amides is 1. The highest BCUT2D eigenvalue weighted by Crippen LogP contribution is 2.12. The third-order valence-electron chi connectivity index (χ3n) is 2.87. The van der Waals surface area contributed by atoms with E-state index in [-0.39, 0.29) is 18.9 Å². The third-order valence-corrected chi connectivity index (χ3v) is 2.87. The average Bonchev–Trinajstić information content (AvgIpc) is 2.43. The van der Waals surface area contributed by atoms with Gasteiger partial charge in [0.25, 0.3) is 0 Å². The normalized spacial score (nSPS) is 12.3. The Morgan fingerprint density at radius 3 is 2.61 bits per heavy atom. The van der Waals surface area contributed by atoms with Crippen molar-refractivity contribution in [3.05, 3.63) is 23.9 Å². The molecule has 0 radical (unpaired) electrons. The lowest BCUT2D eigenvalue weighted by molar-refractivity contribution is -0.137. The van der Waals surface area contributed by atoms with Crippen LogP contribution in [0.15, 0.2) is 18.2 Å². The zero-order chi connectivity index (χ0) is 17.5. The summed E-state index contributed by atoms with van der Waals surface area (Å²) in [5, 5.41) is 11.6. The second-order valence-electron chi connectivity index (χ2n) is 6.15. The van der Waals surface area contributed by atoms with E-state index in [4.69, 9.17) is 14.6 Å². The summed E-state index contributed by atoms with van der Waals surface area (Å²) in [4.78, 5) is 27.0. The number of hydrogen-bond acceptors (Lipinski definition) is 5. The Bertz CT molecular complexity index is 540. The van der Waals surface area contributed by atoms with Gasteiger partial charge in [-0.25, -0.2) is 9.78 Å². The lowest BCUT2D eigenvalue weighted by Gasteiger charge is -2.23. The molecule has 1 aromatic heterocycles. The lowest BCUT2D eigenvalue weighted by atomic mass is 10.1. The summed E-state index contributed by atoms with van der Waals surface area (Å²) < 4.78 is 10.3. The molecule has 1 heterocycles. The van der Waals surface area contributed by atoms with Crippen LogP contribution in [0.2, 0.25) is 0 Å². The van der Waals surface area contributed by atoms with E-state index in [9.17, 15) is 9.59 Å². The standard InChI is InChI=1S/C16H24N2O5/c1-16(2,3)23-15(21)18-12(8-9-14(19)20)10-11-6-5-7-13(17-11)22-4/h5-7,12H,8-10H2,1-4H3,(H,18,21)(H,19,20). The summed E-state index contributed by atoms with van der Waals surface area (Å²) in [7, 11) is 1.52. The van der Waals surface area contributed by atoms with E-state index < -0.39 is 17.7 Å². The molecule has 0 fully saturated rings. The number of aliphatic carboxylic acids is 1. The van der Waals surface area contributed by atoms with Gasteiger partial charge in [0, 0.05) is 30.6 Å². The van der Waals surface area contributed by atoms with Crippen LogP contribution in [0.1, 0.15) is 39.3 Å². The summed E-state index contributed by atoms with van der Waals surface area (Å²) >= 11 is 0. The van der Waals surface area contributed by atoms with Gasteiger partial charge in [-0.3, -0.25) is 4.79 Å². The van der Waals surface area contributed by atoms with Crippen molar-refractivity contribution in [1.82, 2.24) is 10.3 Å². The number of carbonyl (C=O) groups excluding carboxylic acids is 1. The topological polar surface area (TPSA) is 97.8 Å². The minimum absolute atomic E-state index is 0.0512. The van der Waals surface area contributed by atoms with Gasteiger partial charge in [0.1, 0.15) is 5.60 Å². The van der Waals surface area contributed by atoms with Gasteiger partial charge in [-0.05, 0) is 33.3 Å². The Kier molecular flexibility index (Phi) is 6.81. The predicted molar refractivity (Wildman–Crippen MR) is 84.5 cm³/mol. The van der Waals surface area contributed by atoms with Crippen molar-refractivity contribution in [3.8, 4) is 5.88 Å². The molecule has 1 atom stereocenters. The van der Waals surface area contributed by atoms with Crippen molar-refractivity contribution in [2.75, 3.05) is 7.11 Å². The molecule has 1 rings (SSSR count). The molecule has 0 aliphatic rings. The third kappa shape index (κ3) is 8.04. The van der Waals surface area contributed by atoms with E-state index in [1.165, 1.54) is 7.11 Å². The first kappa shape index (κ1) is 18.7. The molecule has 23 heavy (non-hydrogen) atoms. The van der Waals surface area contributed by atoms with Crippen LogP contribution < -0.4 is 10.1 Å². The molecule has 2 N–H and O–H groups in total. The number of hydrogen-bond donors (Lipinski definition) is 2. The molecule has 0 aliphatic carbocycles. The van der Waals surface area contributed by atoms with Crippen molar-refractivity contribution in [3.63, 3.8) is 0 Å². The number of nitrogens with zero attached hydrogens (tertiary/aromatic N) is 1. The monoisotopic (exact) mass is 324 g/mol. The average molecular weight is 324 g/mol. The molecule has 1 unspecified atom stereocenters. The number of pyridine rings is 1. The maximum Gasteiger partial charge on any atom is 0.407 e. The Morgan fingerprint density at radius 2 is 2.04 bits per heavy atom. The number of alkyl carbamates (subject to hydrolysis) is 1. The van der Waals surface area contributed by atoms with Gasteiger partial charge < -0.3 is 19.9 Å². The van der Waals surface area contributed by atoms with E-state index in [2.05, 4.69) is 10.3 Å². The number of rotatable bonds is 7. The Balaban J connectivity index is 2.74. The van der Waals surface area contributed by atoms with Crippen LogP contribution in [0.5, 0.6) is 5.88 Å². The molecule has 128 valence electrons. The molecule has 0 saturated heterocycles. The van der Waals surface area contributed by atoms with Crippen molar-refractivity contribution < 1.29 is 24.2 Å². The molecule has 1 aromatic rings. The molecule has 0 aliphatic heterocycles. The van der Waals surface area contributed by atoms with Crippen molar-refractivity contribution in [1.29, 1.82) is 0 Å². The zero-order valence-corrected chi connectivity index (χ0v) is 14.0. The Labute approximate surface area is 136 Å². The first-order valence-electron chi connectivity index (χ1n) is 7.41. The number of carbonyl (C=O) groups is 2. The first-order valence-corrected chi connectivity index (χ1v) is 7.41. The smallest absolute Gasteiger partial charge is 0.407 e. The largest absolute Gasteiger partial charge is 0.481 e. The molecule has 7 heteroatoms. The van der Waals surface area contributed by atoms with Crippen molar-refractivity contribution in [2.24, 2.45) is 0 Å². The summed E-state index contributed by atoms with van der Waals surface area (Å²) in [6.45, 7) is 5.30. The van der Waals surface area contributed by atoms with Gasteiger partial charge in [-0.1, -0.05) is 6.07 Å². The van der Waals surface area contributed by atoms with Gasteiger partial charge >= 0.3 is 12.1 Å². The van der Waals surface area contributed by atoms with Crippen molar-refractivity contribution >= 4 is 12.1 Å². The predicted octanol–water partition coefficient (Wildman–Crippen LogP) is 2.39. The van der Waals surface area contributed by atoms with E-state index in [0.29, 0.717) is 18.0 Å². The maximum absolute atomic E-state index is 11.9. The van der Waals surface area contributed by atoms with E-state index in [0.717, 1.165) is 0 Å². The van der Waals surface area contributed by atoms with Crippen LogP contribution in [0.4, 0.5) is 4.79 Å². The number of ether oxygens (including phenoxy) is 2. The van der Waals surface area contributed by atoms with Crippen LogP contribution in [0.3, 0.4) is 0 Å². The fourth-order valence-corrected chi connectivity index (χ4v) is 1.93. The van der Waals surface area contributed by atoms with Crippen LogP contribution in [-0.4, -0.2) is 40.9 Å². The van der Waals surface area contributed by atoms with Crippen LogP contribution in [0, 0.1) is 0 Å². The van der Waals surface area contributed by atoms with Crippen molar-refractivity contribution in [2.45, 2.75) is 51.7 Å². The second kappa shape index (κ2) is 8.36. The first-order chi connectivity index (χ1) is 10.7. The van der Waals surface area contributed by atoms with Gasteiger partial charge in [0.2, 0.25) is 5.88 Å². The molecule has 7 nitrogen and oxygen atoms in total. The number of methoxy groups -OCH3 is 1. The Hall–Kier alpha value is -2.31. The summed E-state index contributed by atoms with van der Waals surface area (Å²) in [5.41, 5.74) is 0.0890. The van der Waals surface area contributed by atoms with Gasteiger partial charge in [-0.2, -0.15) is 0 Å². The van der Waals surface area contributed by atoms with Gasteiger partial charge in [0.05, 0.1) is 7.11 Å². The number of nitrogens with one attached hydrogen (secondary N) is 1. The van der Waals surface area contributed by atoms with E-state index in [1.807, 2.05) is 0 Å². The highest BCUT2D eigenvalue weighted by atomic mass is 16.6. The highest BCUT2D eigenvalue weighted by Gasteiger charge is 2.20. The quantitative estimate of drug-likeness (QED) is 0.799. The molecule has 1 amide bonds. The number of aromatic nitrogens is 1. The zero-order valence-electron chi connectivity index (χ0n) is 14.0. The summed E-state index contributed by atoms with van der Waals surface area (Å²) in [6.07, 6.45) is 0.0533. The van der Waals surface area contributed by atoms with Crippen LogP contribution in [-0.2, 0) is 16.0 Å². The highest BCUT2D eigenvalue weighted by molar-refractivity contribution is 5.69. The van der Waals surface area contributed by atoms with E-state index in [1.54, 1.807) is 39.0 Å². The van der Waals surface area contributed by atoms with Crippen LogP contribution in [0.25, 0.3) is 0 Å².